The van der Waals surface area contributed by atoms with Gasteiger partial charge in [-0.15, -0.1) is 0 Å². The highest BCUT2D eigenvalue weighted by Crippen LogP contribution is 2.31. The molecule has 0 aromatic carbocycles. The number of hydrogen-bond donors (Lipinski definition) is 3. The molecule has 7 nitrogen and oxygen atoms in total. The largest absolute Gasteiger partial charge is 0.478 e. The van der Waals surface area contributed by atoms with E-state index >= 15 is 0 Å². The number of rotatable bonds is 4. The molecule has 0 saturated heterocycles. The van der Waals surface area contributed by atoms with E-state index < -0.39 is 70.2 Å². The Morgan fingerprint density at radius 2 is 1.24 bits per heavy atom. The first-order valence-corrected chi connectivity index (χ1v) is 8.28. The average Bonchev–Trinajstić information content (AvgIpc) is 2.64. The molecule has 0 radical (unpaired) electrons. The molecule has 0 saturated carbocycles. The Kier molecular flexibility index (Phi) is 8.49. The fourth-order valence-corrected chi connectivity index (χ4v) is 2.04. The Morgan fingerprint density at radius 1 is 0.818 bits per heavy atom. The topological polar surface area (TPSA) is 112 Å². The third-order valence-corrected chi connectivity index (χ3v) is 3.60. The van der Waals surface area contributed by atoms with Gasteiger partial charge in [-0.05, 0) is 12.1 Å². The van der Waals surface area contributed by atoms with E-state index in [9.17, 15) is 49.1 Å². The van der Waals surface area contributed by atoms with Gasteiger partial charge < -0.3 is 15.5 Å². The summed E-state index contributed by atoms with van der Waals surface area (Å²) in [7, 11) is 0. The molecule has 182 valence electrons. The summed E-state index contributed by atoms with van der Waals surface area (Å²) in [5, 5.41) is 18.3. The van der Waals surface area contributed by atoms with Crippen LogP contribution >= 0.6 is 11.6 Å². The second-order valence-electron chi connectivity index (χ2n) is 5.76. The minimum Gasteiger partial charge on any atom is -0.478 e. The van der Waals surface area contributed by atoms with Crippen LogP contribution in [-0.2, 0) is 12.4 Å². The summed E-state index contributed by atoms with van der Waals surface area (Å²) >= 11 is 5.28. The number of aromatic nitrogens is 2. The summed E-state index contributed by atoms with van der Waals surface area (Å²) < 4.78 is 109. The Labute approximate surface area is 181 Å². The lowest BCUT2D eigenvalue weighted by Gasteiger charge is -2.13. The molecule has 2 heterocycles. The van der Waals surface area contributed by atoms with Crippen LogP contribution in [0.15, 0.2) is 24.5 Å². The van der Waals surface area contributed by atoms with Gasteiger partial charge in [0.15, 0.2) is 0 Å². The zero-order chi connectivity index (χ0) is 25.8. The van der Waals surface area contributed by atoms with Crippen LogP contribution in [0.1, 0.15) is 31.8 Å². The number of aromatic carboxylic acids is 2. The Hall–Kier alpha value is -3.30. The lowest BCUT2D eigenvalue weighted by atomic mass is 10.2. The Bertz CT molecular complexity index is 1020. The highest BCUT2D eigenvalue weighted by atomic mass is 35.5. The monoisotopic (exact) mass is 513 g/mol. The number of hydrogen-bond acceptors (Lipinski definition) is 5. The molecule has 33 heavy (non-hydrogen) atoms. The number of nitrogens with one attached hydrogen (secondary N) is 1. The standard InChI is InChI=1S/C9H6F6N2O2.C7H3ClF3NO2/c10-8(11,12)3-17-6-5(7(18)19)1-4(2-16-6)9(13,14)15;8-5-4(6(13)14)1-3(2-12-5)7(9,10)11/h1-2H,3H2,(H,16,17)(H,18,19);1-2H,(H,13,14). The lowest BCUT2D eigenvalue weighted by molar-refractivity contribution is -0.138. The fraction of sp³-hybridized carbons (Fsp3) is 0.250. The molecule has 17 heteroatoms. The van der Waals surface area contributed by atoms with Crippen LogP contribution < -0.4 is 5.32 Å². The van der Waals surface area contributed by atoms with Crippen LogP contribution in [0, 0.1) is 0 Å². The predicted molar refractivity (Wildman–Crippen MR) is 92.0 cm³/mol. The summed E-state index contributed by atoms with van der Waals surface area (Å²) in [5.41, 5.74) is -4.15. The van der Waals surface area contributed by atoms with Gasteiger partial charge in [0.25, 0.3) is 0 Å². The van der Waals surface area contributed by atoms with Crippen molar-refractivity contribution < 1.29 is 59.3 Å². The Balaban J connectivity index is 0.000000346. The van der Waals surface area contributed by atoms with Crippen LogP contribution in [0.3, 0.4) is 0 Å². The van der Waals surface area contributed by atoms with Gasteiger partial charge in [-0.2, -0.15) is 39.5 Å². The minimum atomic E-state index is -4.83. The molecule has 0 spiro atoms. The maximum absolute atomic E-state index is 12.3. The van der Waals surface area contributed by atoms with E-state index in [1.165, 1.54) is 0 Å². The lowest BCUT2D eigenvalue weighted by Crippen LogP contribution is -2.23. The molecule has 0 amide bonds. The van der Waals surface area contributed by atoms with Crippen LogP contribution in [-0.4, -0.2) is 44.8 Å². The maximum atomic E-state index is 12.3. The second-order valence-corrected chi connectivity index (χ2v) is 6.12. The van der Waals surface area contributed by atoms with Crippen molar-refractivity contribution in [3.63, 3.8) is 0 Å². The van der Waals surface area contributed by atoms with Gasteiger partial charge in [0, 0.05) is 12.4 Å². The molecular weight excluding hydrogens is 505 g/mol. The van der Waals surface area contributed by atoms with E-state index in [2.05, 4.69) is 9.97 Å². The number of carboxylic acids is 2. The first kappa shape index (κ1) is 27.7. The summed E-state index contributed by atoms with van der Waals surface area (Å²) in [5.74, 6) is -4.14. The number of pyridine rings is 2. The second kappa shape index (κ2) is 10.1. The molecule has 0 bridgehead atoms. The number of alkyl halides is 9. The highest BCUT2D eigenvalue weighted by molar-refractivity contribution is 6.32. The molecule has 0 aliphatic carbocycles. The number of nitrogens with zero attached hydrogens (tertiary/aromatic N) is 2. The van der Waals surface area contributed by atoms with Crippen molar-refractivity contribution in [1.29, 1.82) is 0 Å². The fourth-order valence-electron chi connectivity index (χ4n) is 1.86. The van der Waals surface area contributed by atoms with Gasteiger partial charge in [0.2, 0.25) is 0 Å². The average molecular weight is 514 g/mol. The number of anilines is 1. The summed E-state index contributed by atoms with van der Waals surface area (Å²) in [6.45, 7) is -1.61. The van der Waals surface area contributed by atoms with E-state index in [1.54, 1.807) is 5.32 Å². The van der Waals surface area contributed by atoms with Crippen molar-refractivity contribution in [3.05, 3.63) is 51.9 Å². The number of carboxylic acid groups (broad SMARTS) is 2. The molecule has 0 fully saturated rings. The SMILES string of the molecule is O=C(O)c1cc(C(F)(F)F)cnc1Cl.O=C(O)c1cc(C(F)(F)F)cnc1NCC(F)(F)F. The zero-order valence-corrected chi connectivity index (χ0v) is 16.2. The quantitative estimate of drug-likeness (QED) is 0.379. The van der Waals surface area contributed by atoms with E-state index in [0.717, 1.165) is 0 Å². The van der Waals surface area contributed by atoms with E-state index in [1.807, 2.05) is 0 Å². The number of carbonyl (C=O) groups is 2. The molecular formula is C16H9ClF9N3O4. The third kappa shape index (κ3) is 8.63. The highest BCUT2D eigenvalue weighted by Gasteiger charge is 2.34. The first-order chi connectivity index (χ1) is 14.8. The van der Waals surface area contributed by atoms with Crippen LogP contribution in [0.2, 0.25) is 5.15 Å². The van der Waals surface area contributed by atoms with E-state index in [0.29, 0.717) is 12.3 Å². The summed E-state index contributed by atoms with van der Waals surface area (Å²) in [4.78, 5) is 27.3. The Morgan fingerprint density at radius 3 is 1.64 bits per heavy atom. The van der Waals surface area contributed by atoms with Crippen molar-refractivity contribution in [1.82, 2.24) is 9.97 Å². The van der Waals surface area contributed by atoms with Gasteiger partial charge in [-0.1, -0.05) is 11.6 Å². The van der Waals surface area contributed by atoms with Crippen molar-refractivity contribution in [2.75, 3.05) is 11.9 Å². The number of halogens is 10. The molecule has 0 aliphatic rings. The third-order valence-electron chi connectivity index (χ3n) is 3.30. The van der Waals surface area contributed by atoms with Crippen molar-refractivity contribution in [2.24, 2.45) is 0 Å². The molecule has 0 aliphatic heterocycles. The molecule has 0 atom stereocenters. The molecule has 3 N–H and O–H groups in total. The van der Waals surface area contributed by atoms with Gasteiger partial charge >= 0.3 is 30.5 Å². The normalized spacial score (nSPS) is 11.9. The molecule has 2 aromatic rings. The predicted octanol–water partition coefficient (Wildman–Crippen LogP) is 5.22. The maximum Gasteiger partial charge on any atom is 0.417 e. The van der Waals surface area contributed by atoms with Gasteiger partial charge in [-0.25, -0.2) is 19.6 Å². The van der Waals surface area contributed by atoms with Crippen molar-refractivity contribution in [3.8, 4) is 0 Å². The van der Waals surface area contributed by atoms with Crippen LogP contribution in [0.4, 0.5) is 45.3 Å². The van der Waals surface area contributed by atoms with Gasteiger partial charge in [-0.3, -0.25) is 0 Å². The zero-order valence-electron chi connectivity index (χ0n) is 15.4. The van der Waals surface area contributed by atoms with Crippen molar-refractivity contribution >= 4 is 29.4 Å². The molecule has 2 rings (SSSR count). The smallest absolute Gasteiger partial charge is 0.417 e. The van der Waals surface area contributed by atoms with E-state index in [-0.39, 0.29) is 12.3 Å². The van der Waals surface area contributed by atoms with Gasteiger partial charge in [0.1, 0.15) is 23.1 Å². The van der Waals surface area contributed by atoms with Crippen molar-refractivity contribution in [2.45, 2.75) is 18.5 Å². The molecule has 0 unspecified atom stereocenters. The first-order valence-electron chi connectivity index (χ1n) is 7.90. The summed E-state index contributed by atoms with van der Waals surface area (Å²) in [6.07, 6.45) is -13.4. The van der Waals surface area contributed by atoms with Crippen LogP contribution in [0.5, 0.6) is 0 Å². The van der Waals surface area contributed by atoms with E-state index in [4.69, 9.17) is 21.8 Å². The van der Waals surface area contributed by atoms with Crippen LogP contribution in [0.25, 0.3) is 0 Å². The van der Waals surface area contributed by atoms with Gasteiger partial charge in [0.05, 0.1) is 16.7 Å². The molecule has 2 aromatic heterocycles. The minimum absolute atomic E-state index is 0.216. The summed E-state index contributed by atoms with van der Waals surface area (Å²) in [6, 6.07) is 0.658.